The van der Waals surface area contributed by atoms with Gasteiger partial charge in [0.15, 0.2) is 0 Å². The summed E-state index contributed by atoms with van der Waals surface area (Å²) in [7, 11) is 0. The second-order valence-corrected chi connectivity index (χ2v) is 5.97. The Morgan fingerprint density at radius 3 is 2.68 bits per heavy atom. The number of carbonyl (C=O) groups is 3. The largest absolute Gasteiger partial charge is 0.481 e. The number of hydrogen-bond acceptors (Lipinski definition) is 4. The maximum absolute atomic E-state index is 12.4. The van der Waals surface area contributed by atoms with E-state index < -0.39 is 17.9 Å². The van der Waals surface area contributed by atoms with Gasteiger partial charge in [0.05, 0.1) is 11.8 Å². The van der Waals surface area contributed by atoms with Gasteiger partial charge in [0.2, 0.25) is 11.8 Å². The first-order chi connectivity index (χ1) is 9.00. The Balaban J connectivity index is 2.02. The highest BCUT2D eigenvalue weighted by Gasteiger charge is 2.38. The van der Waals surface area contributed by atoms with Crippen LogP contribution in [0.5, 0.6) is 0 Å². The van der Waals surface area contributed by atoms with E-state index >= 15 is 0 Å². The summed E-state index contributed by atoms with van der Waals surface area (Å²) in [6.07, 6.45) is 1.33. The van der Waals surface area contributed by atoms with Crippen molar-refractivity contribution < 1.29 is 19.5 Å². The Hall–Kier alpha value is -1.24. The van der Waals surface area contributed by atoms with Gasteiger partial charge in [-0.1, -0.05) is 0 Å². The van der Waals surface area contributed by atoms with Crippen molar-refractivity contribution in [1.29, 1.82) is 0 Å². The minimum Gasteiger partial charge on any atom is -0.481 e. The van der Waals surface area contributed by atoms with Crippen molar-refractivity contribution in [2.45, 2.75) is 25.8 Å². The lowest BCUT2D eigenvalue weighted by atomic mass is 9.97. The Morgan fingerprint density at radius 2 is 2.05 bits per heavy atom. The molecule has 2 amide bonds. The molecular weight excluding hydrogens is 268 g/mol. The van der Waals surface area contributed by atoms with Crippen LogP contribution in [0.25, 0.3) is 0 Å². The normalized spacial score (nSPS) is 27.4. The molecule has 0 bridgehead atoms. The van der Waals surface area contributed by atoms with Crippen LogP contribution in [0, 0.1) is 5.92 Å². The first kappa shape index (κ1) is 14.2. The summed E-state index contributed by atoms with van der Waals surface area (Å²) in [5.41, 5.74) is 0. The molecule has 2 rings (SSSR count). The minimum atomic E-state index is -0.846. The lowest BCUT2D eigenvalue weighted by Crippen LogP contribution is -2.51. The molecule has 7 heteroatoms. The number of hydrogen-bond donors (Lipinski definition) is 1. The zero-order valence-electron chi connectivity index (χ0n) is 10.9. The van der Waals surface area contributed by atoms with E-state index in [1.807, 2.05) is 0 Å². The lowest BCUT2D eigenvalue weighted by Gasteiger charge is -2.34. The highest BCUT2D eigenvalue weighted by atomic mass is 32.2. The van der Waals surface area contributed by atoms with E-state index in [0.29, 0.717) is 31.0 Å². The summed E-state index contributed by atoms with van der Waals surface area (Å²) in [4.78, 5) is 38.1. The van der Waals surface area contributed by atoms with Crippen LogP contribution in [0.3, 0.4) is 0 Å². The Labute approximate surface area is 116 Å². The molecule has 2 aliphatic rings. The van der Waals surface area contributed by atoms with Gasteiger partial charge in [-0.2, -0.15) is 0 Å². The first-order valence-electron chi connectivity index (χ1n) is 6.37. The summed E-state index contributed by atoms with van der Waals surface area (Å²) in [6.45, 7) is 2.32. The van der Waals surface area contributed by atoms with Gasteiger partial charge < -0.3 is 14.9 Å². The topological polar surface area (TPSA) is 77.9 Å². The lowest BCUT2D eigenvalue weighted by molar-refractivity contribution is -0.149. The number of aliphatic carboxylic acids is 1. The van der Waals surface area contributed by atoms with E-state index in [1.165, 1.54) is 6.92 Å². The van der Waals surface area contributed by atoms with Gasteiger partial charge in [0.25, 0.3) is 0 Å². The molecule has 2 saturated heterocycles. The highest BCUT2D eigenvalue weighted by Crippen LogP contribution is 2.25. The fourth-order valence-corrected chi connectivity index (χ4v) is 3.76. The van der Waals surface area contributed by atoms with Crippen molar-refractivity contribution >= 4 is 29.5 Å². The number of rotatable bonds is 2. The molecule has 0 spiro atoms. The van der Waals surface area contributed by atoms with Crippen LogP contribution in [-0.4, -0.2) is 63.5 Å². The molecule has 0 aromatic rings. The summed E-state index contributed by atoms with van der Waals surface area (Å²) in [6, 6.07) is -0.421. The molecular formula is C12H18N2O4S. The quantitative estimate of drug-likeness (QED) is 0.786. The smallest absolute Gasteiger partial charge is 0.308 e. The number of amides is 2. The molecule has 0 saturated carbocycles. The van der Waals surface area contributed by atoms with Gasteiger partial charge in [0, 0.05) is 25.8 Å². The summed E-state index contributed by atoms with van der Waals surface area (Å²) < 4.78 is 0. The summed E-state index contributed by atoms with van der Waals surface area (Å²) in [5.74, 6) is -0.380. The maximum Gasteiger partial charge on any atom is 0.308 e. The maximum atomic E-state index is 12.4. The van der Waals surface area contributed by atoms with Gasteiger partial charge in [-0.25, -0.2) is 0 Å². The van der Waals surface area contributed by atoms with Gasteiger partial charge >= 0.3 is 5.97 Å². The number of piperidine rings is 1. The van der Waals surface area contributed by atoms with E-state index in [-0.39, 0.29) is 18.4 Å². The van der Waals surface area contributed by atoms with Crippen LogP contribution in [-0.2, 0) is 14.4 Å². The van der Waals surface area contributed by atoms with Crippen molar-refractivity contribution in [1.82, 2.24) is 9.80 Å². The van der Waals surface area contributed by atoms with Gasteiger partial charge in [-0.05, 0) is 12.8 Å². The highest BCUT2D eigenvalue weighted by molar-refractivity contribution is 7.99. The predicted molar refractivity (Wildman–Crippen MR) is 70.6 cm³/mol. The Bertz CT molecular complexity index is 401. The van der Waals surface area contributed by atoms with Crippen LogP contribution in [0.15, 0.2) is 0 Å². The molecule has 2 fully saturated rings. The van der Waals surface area contributed by atoms with E-state index in [0.717, 1.165) is 0 Å². The molecule has 0 radical (unpaired) electrons. The third-order valence-corrected chi connectivity index (χ3v) is 4.67. The minimum absolute atomic E-state index is 0.102. The average molecular weight is 286 g/mol. The summed E-state index contributed by atoms with van der Waals surface area (Å²) in [5, 5.41) is 9.04. The summed E-state index contributed by atoms with van der Waals surface area (Å²) >= 11 is 1.56. The third kappa shape index (κ3) is 3.02. The zero-order valence-corrected chi connectivity index (χ0v) is 11.7. The molecule has 0 aromatic carbocycles. The molecule has 6 nitrogen and oxygen atoms in total. The molecule has 2 atom stereocenters. The number of carboxylic acid groups (broad SMARTS) is 1. The van der Waals surface area contributed by atoms with Crippen LogP contribution in [0.2, 0.25) is 0 Å². The van der Waals surface area contributed by atoms with Crippen LogP contribution < -0.4 is 0 Å². The molecule has 0 aliphatic carbocycles. The van der Waals surface area contributed by atoms with Crippen molar-refractivity contribution in [3.05, 3.63) is 0 Å². The molecule has 106 valence electrons. The second-order valence-electron chi connectivity index (χ2n) is 4.97. The Kier molecular flexibility index (Phi) is 4.34. The molecule has 19 heavy (non-hydrogen) atoms. The van der Waals surface area contributed by atoms with E-state index in [4.69, 9.17) is 5.11 Å². The van der Waals surface area contributed by atoms with Gasteiger partial charge in [-0.3, -0.25) is 14.4 Å². The SMILES string of the molecule is CC(=O)N1CSC[C@@H]1C(=O)N1CCC[C@H](C(=O)O)C1. The van der Waals surface area contributed by atoms with Crippen LogP contribution in [0.4, 0.5) is 0 Å². The van der Waals surface area contributed by atoms with E-state index in [1.54, 1.807) is 21.6 Å². The fraction of sp³-hybridized carbons (Fsp3) is 0.750. The van der Waals surface area contributed by atoms with Crippen molar-refractivity contribution in [2.24, 2.45) is 5.92 Å². The molecule has 2 heterocycles. The van der Waals surface area contributed by atoms with Crippen LogP contribution in [0.1, 0.15) is 19.8 Å². The second kappa shape index (κ2) is 5.81. The standard InChI is InChI=1S/C12H18N2O4S/c1-8(15)14-7-19-6-10(14)11(16)13-4-2-3-9(5-13)12(17)18/h9-10H,2-7H2,1H3,(H,17,18)/t9-,10+/m0/s1. The first-order valence-corrected chi connectivity index (χ1v) is 7.52. The van der Waals surface area contributed by atoms with Gasteiger partial charge in [-0.15, -0.1) is 11.8 Å². The van der Waals surface area contributed by atoms with Crippen molar-refractivity contribution in [2.75, 3.05) is 24.7 Å². The predicted octanol–water partition coefficient (Wildman–Crippen LogP) is 0.231. The zero-order chi connectivity index (χ0) is 14.0. The third-order valence-electron chi connectivity index (χ3n) is 3.65. The number of nitrogens with zero attached hydrogens (tertiary/aromatic N) is 2. The van der Waals surface area contributed by atoms with Crippen molar-refractivity contribution in [3.63, 3.8) is 0 Å². The van der Waals surface area contributed by atoms with Crippen molar-refractivity contribution in [3.8, 4) is 0 Å². The van der Waals surface area contributed by atoms with Gasteiger partial charge in [0.1, 0.15) is 6.04 Å². The average Bonchev–Trinajstić information content (AvgIpc) is 2.87. The fourth-order valence-electron chi connectivity index (χ4n) is 2.55. The monoisotopic (exact) mass is 286 g/mol. The number of carboxylic acids is 1. The van der Waals surface area contributed by atoms with E-state index in [9.17, 15) is 14.4 Å². The number of thioether (sulfide) groups is 1. The molecule has 2 aliphatic heterocycles. The van der Waals surface area contributed by atoms with Crippen LogP contribution >= 0.6 is 11.8 Å². The molecule has 0 aromatic heterocycles. The number of carbonyl (C=O) groups excluding carboxylic acids is 2. The Morgan fingerprint density at radius 1 is 1.32 bits per heavy atom. The number of likely N-dealkylation sites (tertiary alicyclic amines) is 1. The molecule has 1 N–H and O–H groups in total. The van der Waals surface area contributed by atoms with E-state index in [2.05, 4.69) is 0 Å². The molecule has 0 unspecified atom stereocenters.